The summed E-state index contributed by atoms with van der Waals surface area (Å²) < 4.78 is 6.57. The number of ether oxygens (including phenoxy) is 1. The van der Waals surface area contributed by atoms with Gasteiger partial charge in [-0.05, 0) is 30.7 Å². The third-order valence-corrected chi connectivity index (χ3v) is 4.07. The Labute approximate surface area is 156 Å². The number of aromatic nitrogens is 1. The Kier molecular flexibility index (Phi) is 6.67. The average molecular weight is 370 g/mol. The van der Waals surface area contributed by atoms with E-state index in [1.165, 1.54) is 23.8 Å². The number of hydrogen-bond donors (Lipinski definition) is 2. The van der Waals surface area contributed by atoms with Crippen LogP contribution in [0, 0.1) is 6.92 Å². The minimum atomic E-state index is -0.484. The zero-order valence-electron chi connectivity index (χ0n) is 15.5. The van der Waals surface area contributed by atoms with Gasteiger partial charge in [0.2, 0.25) is 0 Å². The van der Waals surface area contributed by atoms with Gasteiger partial charge in [0.15, 0.2) is 5.78 Å². The molecule has 0 fully saturated rings. The van der Waals surface area contributed by atoms with Crippen LogP contribution in [-0.4, -0.2) is 41.6 Å². The summed E-state index contributed by atoms with van der Waals surface area (Å²) in [5.41, 5.74) is 1.24. The average Bonchev–Trinajstić information content (AvgIpc) is 2.68. The van der Waals surface area contributed by atoms with Gasteiger partial charge < -0.3 is 19.7 Å². The molecule has 7 nitrogen and oxygen atoms in total. The van der Waals surface area contributed by atoms with E-state index in [4.69, 9.17) is 9.84 Å². The molecule has 0 aliphatic carbocycles. The van der Waals surface area contributed by atoms with Crippen LogP contribution in [0.15, 0.2) is 41.2 Å². The highest BCUT2D eigenvalue weighted by Crippen LogP contribution is 2.17. The van der Waals surface area contributed by atoms with E-state index in [0.717, 1.165) is 0 Å². The Morgan fingerprint density at radius 3 is 2.70 bits per heavy atom. The highest BCUT2D eigenvalue weighted by molar-refractivity contribution is 6.08. The van der Waals surface area contributed by atoms with Crippen molar-refractivity contribution in [1.82, 2.24) is 9.88 Å². The van der Waals surface area contributed by atoms with E-state index in [2.05, 4.69) is 5.32 Å². The lowest BCUT2D eigenvalue weighted by Gasteiger charge is -2.10. The van der Waals surface area contributed by atoms with Gasteiger partial charge in [0.1, 0.15) is 11.3 Å². The number of hydrogen-bond acceptors (Lipinski definition) is 5. The molecule has 0 aliphatic rings. The fourth-order valence-corrected chi connectivity index (χ4v) is 2.49. The fourth-order valence-electron chi connectivity index (χ4n) is 2.49. The maximum absolute atomic E-state index is 12.6. The maximum Gasteiger partial charge on any atom is 0.265 e. The Morgan fingerprint density at radius 1 is 1.30 bits per heavy atom. The molecule has 0 unspecified atom stereocenters. The first-order valence-electron chi connectivity index (χ1n) is 8.35. The van der Waals surface area contributed by atoms with Crippen molar-refractivity contribution < 1.29 is 19.4 Å². The van der Waals surface area contributed by atoms with Crippen molar-refractivity contribution in [3.8, 4) is 5.75 Å². The highest BCUT2D eigenvalue weighted by atomic mass is 16.5. The van der Waals surface area contributed by atoms with Crippen molar-refractivity contribution in [3.63, 3.8) is 0 Å². The van der Waals surface area contributed by atoms with Crippen molar-refractivity contribution in [2.45, 2.75) is 6.92 Å². The largest absolute Gasteiger partial charge is 0.496 e. The molecule has 27 heavy (non-hydrogen) atoms. The van der Waals surface area contributed by atoms with E-state index >= 15 is 0 Å². The van der Waals surface area contributed by atoms with Gasteiger partial charge in [-0.15, -0.1) is 0 Å². The van der Waals surface area contributed by atoms with Crippen LogP contribution < -0.4 is 15.6 Å². The van der Waals surface area contributed by atoms with Gasteiger partial charge in [0.05, 0.1) is 13.7 Å². The molecule has 0 saturated carbocycles. The lowest BCUT2D eigenvalue weighted by atomic mass is 10.1. The third kappa shape index (κ3) is 4.71. The molecule has 0 saturated heterocycles. The molecule has 1 aromatic carbocycles. The second-order valence-electron chi connectivity index (χ2n) is 5.90. The lowest BCUT2D eigenvalue weighted by molar-refractivity contribution is 0.0944. The first-order valence-corrected chi connectivity index (χ1v) is 8.35. The molecule has 0 radical (unpaired) electrons. The third-order valence-electron chi connectivity index (χ3n) is 4.07. The molecular weight excluding hydrogens is 348 g/mol. The van der Waals surface area contributed by atoms with Crippen molar-refractivity contribution in [3.05, 3.63) is 69.1 Å². The molecular formula is C20H22N2O5. The van der Waals surface area contributed by atoms with Gasteiger partial charge in [-0.3, -0.25) is 14.4 Å². The van der Waals surface area contributed by atoms with E-state index in [1.54, 1.807) is 44.3 Å². The van der Waals surface area contributed by atoms with Gasteiger partial charge in [0, 0.05) is 30.9 Å². The first-order chi connectivity index (χ1) is 12.9. The number of ketones is 1. The maximum atomic E-state index is 12.6. The van der Waals surface area contributed by atoms with Crippen molar-refractivity contribution in [2.75, 3.05) is 20.3 Å². The van der Waals surface area contributed by atoms with Crippen LogP contribution in [0.5, 0.6) is 5.75 Å². The SMILES string of the molecule is COc1cc(C)n(C)c(=O)c1C(=O)C=Cc1cccc(C(=O)NCCO)c1. The van der Waals surface area contributed by atoms with Crippen LogP contribution in [-0.2, 0) is 7.05 Å². The normalized spacial score (nSPS) is 10.8. The van der Waals surface area contributed by atoms with Crippen LogP contribution in [0.4, 0.5) is 0 Å². The van der Waals surface area contributed by atoms with Crippen LogP contribution in [0.1, 0.15) is 32.0 Å². The number of carbonyl (C=O) groups excluding carboxylic acids is 2. The van der Waals surface area contributed by atoms with E-state index < -0.39 is 11.3 Å². The first kappa shape index (κ1) is 20.1. The number of aliphatic hydroxyl groups is 1. The molecule has 2 rings (SSSR count). The number of benzene rings is 1. The molecule has 7 heteroatoms. The summed E-state index contributed by atoms with van der Waals surface area (Å²) >= 11 is 0. The summed E-state index contributed by atoms with van der Waals surface area (Å²) in [6, 6.07) is 8.29. The number of aryl methyl sites for hydroxylation is 1. The second-order valence-corrected chi connectivity index (χ2v) is 5.90. The Hall–Kier alpha value is -3.19. The number of nitrogens with zero attached hydrogens (tertiary/aromatic N) is 1. The number of aliphatic hydroxyl groups excluding tert-OH is 1. The zero-order chi connectivity index (χ0) is 20.0. The number of nitrogens with one attached hydrogen (secondary N) is 1. The smallest absolute Gasteiger partial charge is 0.265 e. The summed E-state index contributed by atoms with van der Waals surface area (Å²) in [4.78, 5) is 36.9. The molecule has 0 spiro atoms. The topological polar surface area (TPSA) is 97.6 Å². The zero-order valence-corrected chi connectivity index (χ0v) is 15.5. The minimum Gasteiger partial charge on any atom is -0.496 e. The Morgan fingerprint density at radius 2 is 2.04 bits per heavy atom. The summed E-state index contributed by atoms with van der Waals surface area (Å²) in [6.45, 7) is 1.77. The molecule has 142 valence electrons. The molecule has 1 heterocycles. The minimum absolute atomic E-state index is 0.0429. The quantitative estimate of drug-likeness (QED) is 0.566. The lowest BCUT2D eigenvalue weighted by Crippen LogP contribution is -2.26. The summed E-state index contributed by atoms with van der Waals surface area (Å²) in [5.74, 6) is -0.579. The molecule has 0 atom stereocenters. The van der Waals surface area contributed by atoms with Crippen LogP contribution in [0.2, 0.25) is 0 Å². The summed E-state index contributed by atoms with van der Waals surface area (Å²) in [5, 5.41) is 11.3. The predicted octanol–water partition coefficient (Wildman–Crippen LogP) is 1.32. The second kappa shape index (κ2) is 8.95. The number of allylic oxidation sites excluding steroid dienone is 1. The molecule has 1 aromatic heterocycles. The standard InChI is InChI=1S/C20H22N2O5/c1-13-11-17(27-3)18(20(26)22(13)2)16(24)8-7-14-5-4-6-15(12-14)19(25)21-9-10-23/h4-8,11-12,23H,9-10H2,1-3H3,(H,21,25). The molecule has 2 N–H and O–H groups in total. The van der Waals surface area contributed by atoms with E-state index in [1.807, 2.05) is 0 Å². The van der Waals surface area contributed by atoms with E-state index in [0.29, 0.717) is 16.8 Å². The number of carbonyl (C=O) groups is 2. The van der Waals surface area contributed by atoms with Gasteiger partial charge in [0.25, 0.3) is 11.5 Å². The molecule has 1 amide bonds. The number of amides is 1. The number of rotatable bonds is 7. The number of methoxy groups -OCH3 is 1. The van der Waals surface area contributed by atoms with Crippen LogP contribution in [0.25, 0.3) is 6.08 Å². The van der Waals surface area contributed by atoms with Gasteiger partial charge in [-0.2, -0.15) is 0 Å². The monoisotopic (exact) mass is 370 g/mol. The number of pyridine rings is 1. The van der Waals surface area contributed by atoms with Crippen molar-refractivity contribution >= 4 is 17.8 Å². The Balaban J connectivity index is 2.29. The van der Waals surface area contributed by atoms with Gasteiger partial charge in [-0.1, -0.05) is 18.2 Å². The predicted molar refractivity (Wildman–Crippen MR) is 102 cm³/mol. The van der Waals surface area contributed by atoms with Crippen LogP contribution in [0.3, 0.4) is 0 Å². The Bertz CT molecular complexity index is 944. The van der Waals surface area contributed by atoms with Gasteiger partial charge >= 0.3 is 0 Å². The molecule has 2 aromatic rings. The fraction of sp³-hybridized carbons (Fsp3) is 0.250. The van der Waals surface area contributed by atoms with Crippen molar-refractivity contribution in [1.29, 1.82) is 0 Å². The highest BCUT2D eigenvalue weighted by Gasteiger charge is 2.17. The summed E-state index contributed by atoms with van der Waals surface area (Å²) in [6.07, 6.45) is 2.81. The van der Waals surface area contributed by atoms with Crippen molar-refractivity contribution in [2.24, 2.45) is 7.05 Å². The van der Waals surface area contributed by atoms with Gasteiger partial charge in [-0.25, -0.2) is 0 Å². The molecule has 0 bridgehead atoms. The van der Waals surface area contributed by atoms with Crippen LogP contribution >= 0.6 is 0 Å². The summed E-state index contributed by atoms with van der Waals surface area (Å²) in [7, 11) is 3.00. The van der Waals surface area contributed by atoms with E-state index in [9.17, 15) is 14.4 Å². The van der Waals surface area contributed by atoms with E-state index in [-0.39, 0.29) is 30.4 Å². The molecule has 0 aliphatic heterocycles.